The summed E-state index contributed by atoms with van der Waals surface area (Å²) < 4.78 is 60.6. The van der Waals surface area contributed by atoms with Crippen LogP contribution in [0.15, 0.2) is 0 Å². The van der Waals surface area contributed by atoms with Crippen molar-refractivity contribution >= 4 is 25.0 Å². The van der Waals surface area contributed by atoms with E-state index in [1.807, 2.05) is 0 Å². The molecule has 1 aliphatic heterocycles. The van der Waals surface area contributed by atoms with Crippen LogP contribution in [0.2, 0.25) is 6.04 Å². The van der Waals surface area contributed by atoms with Gasteiger partial charge in [-0.15, -0.1) is 0 Å². The van der Waals surface area contributed by atoms with Crippen molar-refractivity contribution in [1.29, 1.82) is 0 Å². The Hall–Kier alpha value is -0.803. The van der Waals surface area contributed by atoms with E-state index in [-0.39, 0.29) is 5.75 Å². The monoisotopic (exact) mass is 570 g/mol. The van der Waals surface area contributed by atoms with Crippen molar-refractivity contribution in [3.8, 4) is 0 Å². The number of carbonyl (C=O) groups excluding carboxylic acids is 1. The maximum atomic E-state index is 11.9. The van der Waals surface area contributed by atoms with Gasteiger partial charge in [0.15, 0.2) is 0 Å². The molecule has 1 saturated heterocycles. The molecule has 0 saturated carbocycles. The lowest BCUT2D eigenvalue weighted by Gasteiger charge is -2.42. The molecule has 0 unspecified atom stereocenters. The van der Waals surface area contributed by atoms with E-state index in [4.69, 9.17) is 22.8 Å². The Kier molecular flexibility index (Phi) is 17.8. The van der Waals surface area contributed by atoms with Gasteiger partial charge in [0.2, 0.25) is 0 Å². The minimum atomic E-state index is -4.14. The Morgan fingerprint density at radius 1 is 0.838 bits per heavy atom. The average molecular weight is 571 g/mol. The smallest absolute Gasteiger partial charge is 0.500 e. The minimum absolute atomic E-state index is 0.290. The maximum absolute atomic E-state index is 11.9. The zero-order valence-corrected chi connectivity index (χ0v) is 25.0. The first-order valence-electron chi connectivity index (χ1n) is 13.6. The molecule has 11 nitrogen and oxygen atoms in total. The molecule has 0 aromatic carbocycles. The Labute approximate surface area is 225 Å². The number of quaternary nitrogens is 1. The third kappa shape index (κ3) is 16.0. The van der Waals surface area contributed by atoms with Gasteiger partial charge in [0, 0.05) is 59.3 Å². The molecule has 0 aromatic heterocycles. The topological polar surface area (TPSA) is 132 Å². The summed E-state index contributed by atoms with van der Waals surface area (Å²) in [5.74, 6) is -0.290. The molecule has 0 aliphatic carbocycles. The van der Waals surface area contributed by atoms with Crippen LogP contribution in [0.5, 0.6) is 0 Å². The molecule has 1 aliphatic rings. The van der Waals surface area contributed by atoms with Gasteiger partial charge in [-0.25, -0.2) is 13.2 Å². The maximum Gasteiger partial charge on any atom is 0.500 e. The molecule has 220 valence electrons. The largest absolute Gasteiger partial charge is 0.748 e. The fraction of sp³-hybridized carbons (Fsp3) is 0.958. The summed E-state index contributed by atoms with van der Waals surface area (Å²) >= 11 is 0. The van der Waals surface area contributed by atoms with Crippen molar-refractivity contribution in [3.63, 3.8) is 0 Å². The molecule has 1 amide bonds. The highest BCUT2D eigenvalue weighted by molar-refractivity contribution is 7.85. The first-order chi connectivity index (χ1) is 17.7. The van der Waals surface area contributed by atoms with E-state index in [1.54, 1.807) is 21.3 Å². The second-order valence-corrected chi connectivity index (χ2v) is 14.4. The van der Waals surface area contributed by atoms with Crippen LogP contribution in [0, 0.1) is 0 Å². The molecule has 0 spiro atoms. The first kappa shape index (κ1) is 34.2. The molecule has 1 fully saturated rings. The number of likely N-dealkylation sites (tertiary alicyclic amines) is 1. The molecule has 13 heteroatoms. The van der Waals surface area contributed by atoms with Crippen molar-refractivity contribution in [2.24, 2.45) is 0 Å². The number of hydrogen-bond donors (Lipinski definition) is 1. The quantitative estimate of drug-likeness (QED) is 0.0903. The predicted octanol–water partition coefficient (Wildman–Crippen LogP) is 2.88. The van der Waals surface area contributed by atoms with E-state index < -0.39 is 25.0 Å². The third-order valence-electron chi connectivity index (χ3n) is 6.99. The highest BCUT2D eigenvalue weighted by atomic mass is 32.2. The Balaban J connectivity index is 2.06. The second-order valence-electron chi connectivity index (χ2n) is 9.75. The minimum Gasteiger partial charge on any atom is -0.748 e. The van der Waals surface area contributed by atoms with Crippen LogP contribution in [0.4, 0.5) is 4.79 Å². The summed E-state index contributed by atoms with van der Waals surface area (Å²) in [7, 11) is -1.74. The van der Waals surface area contributed by atoms with E-state index in [1.165, 1.54) is 6.42 Å². The standard InChI is InChI=1S/C24H50N2O9SSi/c1-31-37(32-2,33-3)23-11-5-9-19-34-20-12-14-25-24(27)35-21-13-18-26(15-6-4-7-16-26)17-8-10-22-36(28,29)30/h4-23H2,1-3H3,(H-,25,27,28,29,30). The molecule has 0 aromatic rings. The number of carbonyl (C=O) groups is 1. The molecule has 0 bridgehead atoms. The first-order valence-corrected chi connectivity index (χ1v) is 17.1. The molecule has 37 heavy (non-hydrogen) atoms. The van der Waals surface area contributed by atoms with Crippen molar-refractivity contribution in [2.75, 3.05) is 79.6 Å². The van der Waals surface area contributed by atoms with Gasteiger partial charge in [0.25, 0.3) is 0 Å². The number of piperidine rings is 1. The zero-order chi connectivity index (χ0) is 27.5. The highest BCUT2D eigenvalue weighted by Gasteiger charge is 2.36. The summed E-state index contributed by atoms with van der Waals surface area (Å²) in [4.78, 5) is 11.9. The van der Waals surface area contributed by atoms with Gasteiger partial charge in [0.1, 0.15) is 0 Å². The van der Waals surface area contributed by atoms with E-state index in [9.17, 15) is 17.8 Å². The Morgan fingerprint density at radius 3 is 2.14 bits per heavy atom. The van der Waals surface area contributed by atoms with Crippen molar-refractivity contribution in [3.05, 3.63) is 0 Å². The average Bonchev–Trinajstić information content (AvgIpc) is 2.88. The second kappa shape index (κ2) is 19.3. The molecule has 1 heterocycles. The molecule has 1 N–H and O–H groups in total. The molecule has 1 rings (SSSR count). The van der Waals surface area contributed by atoms with Gasteiger partial charge in [0.05, 0.1) is 42.9 Å². The van der Waals surface area contributed by atoms with Crippen molar-refractivity contribution < 1.29 is 45.0 Å². The molecule has 0 radical (unpaired) electrons. The molecular formula is C24H50N2O9SSi. The molecule has 0 atom stereocenters. The van der Waals surface area contributed by atoms with Crippen LogP contribution < -0.4 is 5.32 Å². The number of hydrogen-bond acceptors (Lipinski definition) is 9. The lowest BCUT2D eigenvalue weighted by Crippen LogP contribution is -2.53. The van der Waals surface area contributed by atoms with Gasteiger partial charge < -0.3 is 37.1 Å². The van der Waals surface area contributed by atoms with Gasteiger partial charge in [-0.1, -0.05) is 6.42 Å². The van der Waals surface area contributed by atoms with Gasteiger partial charge in [-0.3, -0.25) is 0 Å². The fourth-order valence-electron chi connectivity index (χ4n) is 4.83. The summed E-state index contributed by atoms with van der Waals surface area (Å²) in [6, 6.07) is 0.789. The van der Waals surface area contributed by atoms with E-state index >= 15 is 0 Å². The highest BCUT2D eigenvalue weighted by Crippen LogP contribution is 2.21. The van der Waals surface area contributed by atoms with Gasteiger partial charge in [-0.05, 0) is 51.4 Å². The summed E-state index contributed by atoms with van der Waals surface area (Å²) in [5.41, 5.74) is 0. The number of amides is 1. The normalized spacial score (nSPS) is 16.0. The van der Waals surface area contributed by atoms with Crippen LogP contribution in [0.1, 0.15) is 64.2 Å². The van der Waals surface area contributed by atoms with Crippen LogP contribution in [-0.4, -0.2) is 112 Å². The number of unbranched alkanes of at least 4 members (excludes halogenated alkanes) is 3. The lowest BCUT2D eigenvalue weighted by molar-refractivity contribution is -0.932. The van der Waals surface area contributed by atoms with Crippen LogP contribution >= 0.6 is 0 Å². The Bertz CT molecular complexity index is 694. The van der Waals surface area contributed by atoms with Crippen molar-refractivity contribution in [1.82, 2.24) is 5.32 Å². The lowest BCUT2D eigenvalue weighted by atomic mass is 10.1. The third-order valence-corrected chi connectivity index (χ3v) is 10.6. The van der Waals surface area contributed by atoms with E-state index in [2.05, 4.69) is 5.32 Å². The van der Waals surface area contributed by atoms with Gasteiger partial charge >= 0.3 is 14.9 Å². The number of nitrogens with zero attached hydrogens (tertiary/aromatic N) is 1. The van der Waals surface area contributed by atoms with E-state index in [0.717, 1.165) is 88.1 Å². The number of ether oxygens (including phenoxy) is 2. The molecular weight excluding hydrogens is 520 g/mol. The number of nitrogens with one attached hydrogen (secondary N) is 1. The van der Waals surface area contributed by atoms with Crippen LogP contribution in [0.3, 0.4) is 0 Å². The number of alkyl carbamates (subject to hydrolysis) is 1. The summed E-state index contributed by atoms with van der Waals surface area (Å²) in [5, 5.41) is 2.76. The predicted molar refractivity (Wildman–Crippen MR) is 142 cm³/mol. The zero-order valence-electron chi connectivity index (χ0n) is 23.2. The summed E-state index contributed by atoms with van der Waals surface area (Å²) in [6.45, 7) is 6.02. The number of rotatable bonds is 22. The van der Waals surface area contributed by atoms with Crippen LogP contribution in [-0.2, 0) is 32.9 Å². The van der Waals surface area contributed by atoms with Crippen molar-refractivity contribution in [2.45, 2.75) is 70.3 Å². The van der Waals surface area contributed by atoms with E-state index in [0.29, 0.717) is 32.8 Å². The van der Waals surface area contributed by atoms with Crippen LogP contribution in [0.25, 0.3) is 0 Å². The fourth-order valence-corrected chi connectivity index (χ4v) is 7.18. The summed E-state index contributed by atoms with van der Waals surface area (Å²) in [6.07, 6.45) is 8.67. The SMILES string of the molecule is CO[Si](CCCCCOCCCNC(=O)OCCC[N+]1(CCCCS(=O)(=O)[O-])CCCCC1)(OC)OC. The Morgan fingerprint density at radius 2 is 1.49 bits per heavy atom. The van der Waals surface area contributed by atoms with Gasteiger partial charge in [-0.2, -0.15) is 0 Å².